The average molecular weight is 635 g/mol. The highest BCUT2D eigenvalue weighted by Gasteiger charge is 2.28. The van der Waals surface area contributed by atoms with Gasteiger partial charge in [-0.2, -0.15) is 0 Å². The lowest BCUT2D eigenvalue weighted by molar-refractivity contribution is 0.0451. The molecule has 2 heterocycles. The van der Waals surface area contributed by atoms with Gasteiger partial charge in [-0.1, -0.05) is 45.0 Å². The van der Waals surface area contributed by atoms with Crippen LogP contribution in [0.1, 0.15) is 73.4 Å². The van der Waals surface area contributed by atoms with Gasteiger partial charge in [-0.05, 0) is 86.7 Å². The van der Waals surface area contributed by atoms with Gasteiger partial charge in [0.1, 0.15) is 0 Å². The van der Waals surface area contributed by atoms with Crippen LogP contribution < -0.4 is 16.2 Å². The molecule has 9 heteroatoms. The van der Waals surface area contributed by atoms with E-state index >= 15 is 0 Å². The van der Waals surface area contributed by atoms with Gasteiger partial charge in [-0.3, -0.25) is 19.3 Å². The van der Waals surface area contributed by atoms with Crippen LogP contribution in [0.25, 0.3) is 11.3 Å². The van der Waals surface area contributed by atoms with Crippen molar-refractivity contribution in [1.82, 2.24) is 19.4 Å². The zero-order valence-electron chi connectivity index (χ0n) is 28.8. The molecule has 0 bridgehead atoms. The number of nitrogens with zero attached hydrogens (tertiary/aromatic N) is 4. The fourth-order valence-electron chi connectivity index (χ4n) is 5.78. The van der Waals surface area contributed by atoms with Gasteiger partial charge >= 0.3 is 0 Å². The Morgan fingerprint density at radius 1 is 0.809 bits per heavy atom. The highest BCUT2D eigenvalue weighted by atomic mass is 16.2. The summed E-state index contributed by atoms with van der Waals surface area (Å²) in [5.74, 6) is -0.0312. The van der Waals surface area contributed by atoms with Gasteiger partial charge in [0.15, 0.2) is 5.82 Å². The number of hydrogen-bond acceptors (Lipinski definition) is 6. The fraction of sp³-hybridized carbons (Fsp3) is 0.368. The summed E-state index contributed by atoms with van der Waals surface area (Å²) in [5, 5.41) is 6.19. The molecule has 3 aromatic carbocycles. The molecule has 1 fully saturated rings. The Hall–Kier alpha value is -4.76. The van der Waals surface area contributed by atoms with Crippen LogP contribution in [0.15, 0.2) is 77.7 Å². The van der Waals surface area contributed by atoms with Gasteiger partial charge in [0, 0.05) is 73.0 Å². The zero-order chi connectivity index (χ0) is 34.1. The molecule has 0 saturated carbocycles. The van der Waals surface area contributed by atoms with Gasteiger partial charge in [0.2, 0.25) is 0 Å². The Morgan fingerprint density at radius 3 is 2.02 bits per heavy atom. The number of piperazine rings is 1. The maximum Gasteiger partial charge on any atom is 0.293 e. The van der Waals surface area contributed by atoms with E-state index in [1.807, 2.05) is 54.3 Å². The van der Waals surface area contributed by atoms with E-state index in [4.69, 9.17) is 4.98 Å². The Morgan fingerprint density at radius 2 is 1.43 bits per heavy atom. The fourth-order valence-corrected chi connectivity index (χ4v) is 5.78. The van der Waals surface area contributed by atoms with Crippen molar-refractivity contribution >= 4 is 29.0 Å². The predicted octanol–water partition coefficient (Wildman–Crippen LogP) is 6.61. The lowest BCUT2D eigenvalue weighted by Gasteiger charge is -2.42. The van der Waals surface area contributed by atoms with Crippen molar-refractivity contribution in [3.05, 3.63) is 106 Å². The molecule has 0 aliphatic carbocycles. The topological polar surface area (TPSA) is 99.6 Å². The molecule has 1 aliphatic heterocycles. The van der Waals surface area contributed by atoms with Crippen LogP contribution in [-0.2, 0) is 12.5 Å². The first kappa shape index (κ1) is 33.6. The minimum absolute atomic E-state index is 0.00117. The first-order valence-electron chi connectivity index (χ1n) is 16.1. The third kappa shape index (κ3) is 7.63. The summed E-state index contributed by atoms with van der Waals surface area (Å²) in [6.07, 6.45) is 1.69. The lowest BCUT2D eigenvalue weighted by Crippen LogP contribution is -2.54. The summed E-state index contributed by atoms with van der Waals surface area (Å²) in [7, 11) is 1.68. The maximum atomic E-state index is 13.2. The second-order valence-corrected chi connectivity index (χ2v) is 14.3. The summed E-state index contributed by atoms with van der Waals surface area (Å²) in [4.78, 5) is 48.4. The van der Waals surface area contributed by atoms with E-state index in [1.165, 1.54) is 4.57 Å². The first-order valence-corrected chi connectivity index (χ1v) is 16.1. The maximum absolute atomic E-state index is 13.2. The Balaban J connectivity index is 1.31. The molecule has 0 spiro atoms. The van der Waals surface area contributed by atoms with Crippen molar-refractivity contribution in [3.8, 4) is 11.3 Å². The summed E-state index contributed by atoms with van der Waals surface area (Å²) >= 11 is 0. The number of rotatable bonds is 6. The van der Waals surface area contributed by atoms with E-state index in [0.29, 0.717) is 41.3 Å². The lowest BCUT2D eigenvalue weighted by atomic mass is 9.86. The average Bonchev–Trinajstić information content (AvgIpc) is 3.03. The molecule has 1 aromatic heterocycles. The normalized spacial score (nSPS) is 14.2. The number of carbonyl (C=O) groups is 2. The SMILES string of the molecule is Cc1c(NC(=O)c2ccc(C(C)(C)C)cc2)cccc1-c1cn(C)c(=O)c(Nc2ccc(C(=O)N3CCN(C(C)(C)C)CC3)cc2)n1. The van der Waals surface area contributed by atoms with Crippen LogP contribution in [0, 0.1) is 6.92 Å². The minimum Gasteiger partial charge on any atom is -0.336 e. The number of aromatic nitrogens is 2. The quantitative estimate of drug-likeness (QED) is 0.248. The second-order valence-electron chi connectivity index (χ2n) is 14.3. The molecule has 0 unspecified atom stereocenters. The molecule has 47 heavy (non-hydrogen) atoms. The number of anilines is 3. The molecule has 1 aliphatic rings. The van der Waals surface area contributed by atoms with E-state index < -0.39 is 0 Å². The van der Waals surface area contributed by atoms with Crippen molar-refractivity contribution < 1.29 is 9.59 Å². The van der Waals surface area contributed by atoms with Crippen LogP contribution in [0.5, 0.6) is 0 Å². The molecule has 9 nitrogen and oxygen atoms in total. The van der Waals surface area contributed by atoms with Crippen molar-refractivity contribution in [3.63, 3.8) is 0 Å². The highest BCUT2D eigenvalue weighted by Crippen LogP contribution is 2.29. The number of amides is 2. The number of benzene rings is 3. The van der Waals surface area contributed by atoms with Gasteiger partial charge in [0.05, 0.1) is 5.69 Å². The molecule has 0 radical (unpaired) electrons. The number of carbonyl (C=O) groups excluding carboxylic acids is 2. The van der Waals surface area contributed by atoms with Crippen LogP contribution in [-0.4, -0.2) is 62.9 Å². The van der Waals surface area contributed by atoms with Gasteiger partial charge in [0.25, 0.3) is 17.4 Å². The highest BCUT2D eigenvalue weighted by molar-refractivity contribution is 6.05. The molecule has 1 saturated heterocycles. The van der Waals surface area contributed by atoms with E-state index in [-0.39, 0.29) is 34.1 Å². The molecule has 246 valence electrons. The summed E-state index contributed by atoms with van der Waals surface area (Å²) < 4.78 is 1.49. The summed E-state index contributed by atoms with van der Waals surface area (Å²) in [5.41, 5.74) is 5.65. The van der Waals surface area contributed by atoms with Crippen LogP contribution >= 0.6 is 0 Å². The monoisotopic (exact) mass is 634 g/mol. The third-order valence-electron chi connectivity index (χ3n) is 8.85. The van der Waals surface area contributed by atoms with Crippen LogP contribution in [0.3, 0.4) is 0 Å². The minimum atomic E-state index is -0.286. The van der Waals surface area contributed by atoms with Crippen molar-refractivity contribution in [2.24, 2.45) is 7.05 Å². The zero-order valence-corrected chi connectivity index (χ0v) is 28.8. The molecular formula is C38H46N6O3. The molecule has 0 atom stereocenters. The largest absolute Gasteiger partial charge is 0.336 e. The molecule has 4 aromatic rings. The molecule has 2 N–H and O–H groups in total. The predicted molar refractivity (Wildman–Crippen MR) is 190 cm³/mol. The number of aryl methyl sites for hydroxylation is 1. The van der Waals surface area contributed by atoms with Gasteiger partial charge in [-0.15, -0.1) is 0 Å². The third-order valence-corrected chi connectivity index (χ3v) is 8.85. The molecule has 5 rings (SSSR count). The van der Waals surface area contributed by atoms with E-state index in [2.05, 4.69) is 57.1 Å². The van der Waals surface area contributed by atoms with Crippen molar-refractivity contribution in [2.75, 3.05) is 36.8 Å². The van der Waals surface area contributed by atoms with Gasteiger partial charge in [-0.25, -0.2) is 4.98 Å². The van der Waals surface area contributed by atoms with Crippen molar-refractivity contribution in [2.45, 2.75) is 59.4 Å². The van der Waals surface area contributed by atoms with Gasteiger partial charge < -0.3 is 20.1 Å². The smallest absolute Gasteiger partial charge is 0.293 e. The van der Waals surface area contributed by atoms with E-state index in [1.54, 1.807) is 37.5 Å². The summed E-state index contributed by atoms with van der Waals surface area (Å²) in [6, 6.07) is 20.4. The number of nitrogens with one attached hydrogen (secondary N) is 2. The van der Waals surface area contributed by atoms with Crippen LogP contribution in [0.4, 0.5) is 17.2 Å². The first-order chi connectivity index (χ1) is 22.1. The Bertz CT molecular complexity index is 1820. The van der Waals surface area contributed by atoms with E-state index in [9.17, 15) is 14.4 Å². The Labute approximate surface area is 277 Å². The van der Waals surface area contributed by atoms with Crippen molar-refractivity contribution in [1.29, 1.82) is 0 Å². The molecular weight excluding hydrogens is 588 g/mol. The summed E-state index contributed by atoms with van der Waals surface area (Å²) in [6.45, 7) is 18.0. The number of hydrogen-bond donors (Lipinski definition) is 2. The Kier molecular flexibility index (Phi) is 9.41. The second kappa shape index (κ2) is 13.2. The molecule has 2 amide bonds. The standard InChI is InChI=1S/C38H46N6O3/c1-25-30(10-9-11-31(25)41-34(45)26-12-16-28(17-13-26)37(2,3)4)32-24-42(8)36(47)33(40-32)39-29-18-14-27(15-19-29)35(46)43-20-22-44(23-21-43)38(5,6)7/h9-19,24H,20-23H2,1-8H3,(H,39,40)(H,41,45). The van der Waals surface area contributed by atoms with E-state index in [0.717, 1.165) is 29.8 Å². The van der Waals surface area contributed by atoms with Crippen LogP contribution in [0.2, 0.25) is 0 Å².